The van der Waals surface area contributed by atoms with E-state index in [2.05, 4.69) is 10.6 Å². The van der Waals surface area contributed by atoms with E-state index in [1.54, 1.807) is 0 Å². The zero-order valence-corrected chi connectivity index (χ0v) is 15.7. The van der Waals surface area contributed by atoms with Gasteiger partial charge in [0.1, 0.15) is 6.61 Å². The highest BCUT2D eigenvalue weighted by Crippen LogP contribution is 2.40. The first-order chi connectivity index (χ1) is 12.8. The zero-order chi connectivity index (χ0) is 20.1. The number of methoxy groups -OCH3 is 1. The molecule has 1 atom stereocenters. The fourth-order valence-corrected chi connectivity index (χ4v) is 2.84. The number of hydrogen-bond acceptors (Lipinski definition) is 8. The van der Waals surface area contributed by atoms with Crippen molar-refractivity contribution in [2.24, 2.45) is 0 Å². The van der Waals surface area contributed by atoms with Gasteiger partial charge in [0.25, 0.3) is 0 Å². The molecule has 1 aliphatic rings. The van der Waals surface area contributed by atoms with Gasteiger partial charge in [-0.3, -0.25) is 10.1 Å². The van der Waals surface area contributed by atoms with E-state index < -0.39 is 34.4 Å². The van der Waals surface area contributed by atoms with E-state index in [4.69, 9.17) is 9.47 Å². The van der Waals surface area contributed by atoms with Crippen molar-refractivity contribution in [2.75, 3.05) is 25.7 Å². The summed E-state index contributed by atoms with van der Waals surface area (Å²) in [5, 5.41) is 26.2. The van der Waals surface area contributed by atoms with Crippen LogP contribution in [-0.4, -0.2) is 47.8 Å². The number of amides is 2. The molecule has 10 nitrogen and oxygen atoms in total. The Morgan fingerprint density at radius 2 is 2.15 bits per heavy atom. The van der Waals surface area contributed by atoms with Gasteiger partial charge in [-0.05, 0) is 24.8 Å². The Hall–Kier alpha value is -2.95. The molecule has 0 radical (unpaired) electrons. The van der Waals surface area contributed by atoms with Gasteiger partial charge in [0.2, 0.25) is 5.75 Å². The highest BCUT2D eigenvalue weighted by atomic mass is 32.2. The molecule has 2 rings (SSSR count). The number of carbonyl (C=O) groups excluding carboxylic acids is 2. The molecule has 0 saturated heterocycles. The molecule has 27 heavy (non-hydrogen) atoms. The number of nitro groups is 1. The van der Waals surface area contributed by atoms with Gasteiger partial charge in [-0.25, -0.2) is 9.59 Å². The van der Waals surface area contributed by atoms with E-state index >= 15 is 0 Å². The third-order valence-electron chi connectivity index (χ3n) is 3.84. The van der Waals surface area contributed by atoms with Crippen LogP contribution in [-0.2, 0) is 9.53 Å². The van der Waals surface area contributed by atoms with Crippen LogP contribution in [0.15, 0.2) is 23.4 Å². The number of hydrogen-bond donors (Lipinski definition) is 3. The number of aromatic hydroxyl groups is 1. The Morgan fingerprint density at radius 1 is 1.44 bits per heavy atom. The summed E-state index contributed by atoms with van der Waals surface area (Å²) in [5.41, 5.74) is -0.0300. The van der Waals surface area contributed by atoms with Crippen LogP contribution < -0.4 is 15.4 Å². The molecule has 0 spiro atoms. The normalized spacial score (nSPS) is 16.4. The maximum Gasteiger partial charge on any atom is 0.338 e. The third kappa shape index (κ3) is 4.42. The quantitative estimate of drug-likeness (QED) is 0.274. The molecular weight excluding hydrogens is 378 g/mol. The van der Waals surface area contributed by atoms with Crippen LogP contribution in [0.3, 0.4) is 0 Å². The summed E-state index contributed by atoms with van der Waals surface area (Å²) in [6.45, 7) is 1.71. The van der Waals surface area contributed by atoms with Crippen molar-refractivity contribution in [1.29, 1.82) is 0 Å². The number of phenols is 1. The molecule has 1 aliphatic heterocycles. The fraction of sp³-hybridized carbons (Fsp3) is 0.375. The molecule has 0 bridgehead atoms. The summed E-state index contributed by atoms with van der Waals surface area (Å²) < 4.78 is 10.2. The lowest BCUT2D eigenvalue weighted by molar-refractivity contribution is -0.386. The zero-order valence-electron chi connectivity index (χ0n) is 14.9. The number of phenolic OH excluding ortho intramolecular Hbond substituents is 1. The van der Waals surface area contributed by atoms with Crippen molar-refractivity contribution < 1.29 is 29.1 Å². The number of rotatable bonds is 7. The number of benzene rings is 1. The lowest BCUT2D eigenvalue weighted by atomic mass is 9.94. The second-order valence-electron chi connectivity index (χ2n) is 5.55. The van der Waals surface area contributed by atoms with Gasteiger partial charge in [-0.2, -0.15) is 11.8 Å². The minimum atomic E-state index is -1.01. The smallest absolute Gasteiger partial charge is 0.338 e. The van der Waals surface area contributed by atoms with Gasteiger partial charge in [-0.1, -0.05) is 0 Å². The number of ether oxygens (including phenoxy) is 2. The first-order valence-corrected chi connectivity index (χ1v) is 9.19. The first kappa shape index (κ1) is 20.4. The van der Waals surface area contributed by atoms with Crippen molar-refractivity contribution in [3.8, 4) is 11.5 Å². The Balaban J connectivity index is 2.51. The Morgan fingerprint density at radius 3 is 2.74 bits per heavy atom. The van der Waals surface area contributed by atoms with Gasteiger partial charge in [0.05, 0.1) is 23.6 Å². The molecular formula is C16H19N3O7S. The molecule has 0 aromatic heterocycles. The number of carbonyl (C=O) groups is 2. The second-order valence-corrected chi connectivity index (χ2v) is 6.53. The number of nitrogens with one attached hydrogen (secondary N) is 2. The predicted octanol–water partition coefficient (Wildman–Crippen LogP) is 1.84. The molecule has 0 fully saturated rings. The summed E-state index contributed by atoms with van der Waals surface area (Å²) in [5.74, 6) is -0.856. The summed E-state index contributed by atoms with van der Waals surface area (Å²) in [4.78, 5) is 34.9. The van der Waals surface area contributed by atoms with Crippen LogP contribution in [0, 0.1) is 10.1 Å². The SMILES string of the molecule is COc1cc(C2NC(=O)NC(C)=C2C(=O)OCCSC)cc([N+](=O)[O-])c1O. The number of allylic oxidation sites excluding steroid dienone is 1. The van der Waals surface area contributed by atoms with Gasteiger partial charge in [-0.15, -0.1) is 0 Å². The third-order valence-corrected chi connectivity index (χ3v) is 4.41. The lowest BCUT2D eigenvalue weighted by Gasteiger charge is -2.28. The van der Waals surface area contributed by atoms with Crippen LogP contribution in [0.2, 0.25) is 0 Å². The van der Waals surface area contributed by atoms with E-state index in [9.17, 15) is 24.8 Å². The summed E-state index contributed by atoms with van der Waals surface area (Å²) >= 11 is 1.50. The Labute approximate surface area is 159 Å². The highest BCUT2D eigenvalue weighted by molar-refractivity contribution is 7.98. The number of esters is 1. The largest absolute Gasteiger partial charge is 0.500 e. The van der Waals surface area contributed by atoms with Crippen molar-refractivity contribution in [3.63, 3.8) is 0 Å². The number of urea groups is 1. The summed E-state index contributed by atoms with van der Waals surface area (Å²) in [6.07, 6.45) is 1.87. The standard InChI is InChI=1S/C16H19N3O7S/c1-8-12(15(21)26-4-5-27-3)13(18-16(22)17-8)9-6-10(19(23)24)14(20)11(7-9)25-2/h6-7,13,20H,4-5H2,1-3H3,(H2,17,18,22). The van der Waals surface area contributed by atoms with Crippen molar-refractivity contribution in [3.05, 3.63) is 39.1 Å². The highest BCUT2D eigenvalue weighted by Gasteiger charge is 2.34. The van der Waals surface area contributed by atoms with Crippen molar-refractivity contribution in [1.82, 2.24) is 10.6 Å². The maximum atomic E-state index is 12.5. The maximum absolute atomic E-state index is 12.5. The topological polar surface area (TPSA) is 140 Å². The molecule has 3 N–H and O–H groups in total. The second kappa shape index (κ2) is 8.62. The van der Waals surface area contributed by atoms with Gasteiger partial charge in [0.15, 0.2) is 5.75 Å². The Kier molecular flexibility index (Phi) is 6.50. The Bertz CT molecular complexity index is 809. The molecule has 146 valence electrons. The van der Waals surface area contributed by atoms with Crippen LogP contribution in [0.1, 0.15) is 18.5 Å². The van der Waals surface area contributed by atoms with E-state index in [-0.39, 0.29) is 29.2 Å². The number of thioether (sulfide) groups is 1. The lowest BCUT2D eigenvalue weighted by Crippen LogP contribution is -2.45. The average Bonchev–Trinajstić information content (AvgIpc) is 2.61. The minimum absolute atomic E-state index is 0.109. The molecule has 1 unspecified atom stereocenters. The van der Waals surface area contributed by atoms with E-state index in [0.29, 0.717) is 5.75 Å². The number of nitrogens with zero attached hydrogens (tertiary/aromatic N) is 1. The van der Waals surface area contributed by atoms with E-state index in [1.165, 1.54) is 31.9 Å². The van der Waals surface area contributed by atoms with E-state index in [1.807, 2.05) is 6.26 Å². The van der Waals surface area contributed by atoms with Crippen LogP contribution in [0.25, 0.3) is 0 Å². The molecule has 0 aliphatic carbocycles. The molecule has 1 aromatic carbocycles. The van der Waals surface area contributed by atoms with Crippen molar-refractivity contribution >= 4 is 29.4 Å². The first-order valence-electron chi connectivity index (χ1n) is 7.79. The van der Waals surface area contributed by atoms with Gasteiger partial charge >= 0.3 is 17.7 Å². The van der Waals surface area contributed by atoms with Crippen molar-refractivity contribution in [2.45, 2.75) is 13.0 Å². The van der Waals surface area contributed by atoms with Gasteiger partial charge in [0, 0.05) is 17.5 Å². The van der Waals surface area contributed by atoms with Crippen LogP contribution in [0.4, 0.5) is 10.5 Å². The molecule has 11 heteroatoms. The van der Waals surface area contributed by atoms with Gasteiger partial charge < -0.3 is 25.2 Å². The van der Waals surface area contributed by atoms with E-state index in [0.717, 1.165) is 6.07 Å². The molecule has 1 aromatic rings. The predicted molar refractivity (Wildman–Crippen MR) is 97.8 cm³/mol. The molecule has 1 heterocycles. The average molecular weight is 397 g/mol. The van der Waals surface area contributed by atoms with Crippen LogP contribution in [0.5, 0.6) is 11.5 Å². The summed E-state index contributed by atoms with van der Waals surface area (Å²) in [7, 11) is 1.24. The monoisotopic (exact) mass is 397 g/mol. The molecule has 0 saturated carbocycles. The summed E-state index contributed by atoms with van der Waals surface area (Å²) in [6, 6.07) is 0.819. The molecule has 2 amide bonds. The number of nitro benzene ring substituents is 1. The fourth-order valence-electron chi connectivity index (χ4n) is 2.59. The van der Waals surface area contributed by atoms with Crippen LogP contribution >= 0.6 is 11.8 Å². The minimum Gasteiger partial charge on any atom is -0.500 e.